The largest absolute Gasteiger partial charge is 0.496 e. The highest BCUT2D eigenvalue weighted by molar-refractivity contribution is 7.92. The first-order valence-corrected chi connectivity index (χ1v) is 10.2. The molecule has 28 heavy (non-hydrogen) atoms. The molecule has 0 aliphatic carbocycles. The standard InChI is InChI=1S/C21H19N3O3S/c1-14-4-3-5-17(10-14)24-28(25,26)18-6-7-20(27-2)19(12-18)16-11-15-8-9-22-21(15)23-13-16/h3-13,24H,1-2H3,(H,22,23). The van der Waals surface area contributed by atoms with Gasteiger partial charge in [0.15, 0.2) is 0 Å². The Morgan fingerprint density at radius 1 is 1.07 bits per heavy atom. The van der Waals surface area contributed by atoms with Crippen LogP contribution in [-0.2, 0) is 10.0 Å². The van der Waals surface area contributed by atoms with Crippen molar-refractivity contribution in [2.75, 3.05) is 11.8 Å². The number of aromatic nitrogens is 2. The van der Waals surface area contributed by atoms with Gasteiger partial charge in [0.2, 0.25) is 0 Å². The Labute approximate surface area is 163 Å². The molecule has 0 bridgehead atoms. The zero-order valence-electron chi connectivity index (χ0n) is 15.4. The number of methoxy groups -OCH3 is 1. The number of fused-ring (bicyclic) bond motifs is 1. The topological polar surface area (TPSA) is 84.1 Å². The summed E-state index contributed by atoms with van der Waals surface area (Å²) in [5.74, 6) is 0.575. The average Bonchev–Trinajstić information content (AvgIpc) is 3.15. The van der Waals surface area contributed by atoms with Gasteiger partial charge in [0, 0.05) is 34.6 Å². The predicted octanol–water partition coefficient (Wildman–Crippen LogP) is 4.35. The Kier molecular flexibility index (Phi) is 4.52. The van der Waals surface area contributed by atoms with Crippen molar-refractivity contribution in [1.82, 2.24) is 9.97 Å². The fraction of sp³-hybridized carbons (Fsp3) is 0.0952. The first-order chi connectivity index (χ1) is 13.5. The molecule has 142 valence electrons. The molecule has 0 unspecified atom stereocenters. The zero-order chi connectivity index (χ0) is 19.7. The van der Waals surface area contributed by atoms with E-state index < -0.39 is 10.0 Å². The Balaban J connectivity index is 1.77. The third-order valence-electron chi connectivity index (χ3n) is 4.46. The molecule has 0 spiro atoms. The first kappa shape index (κ1) is 18.1. The maximum Gasteiger partial charge on any atom is 0.261 e. The van der Waals surface area contributed by atoms with E-state index in [1.807, 2.05) is 37.4 Å². The molecule has 0 fully saturated rings. The molecule has 0 aliphatic heterocycles. The van der Waals surface area contributed by atoms with Gasteiger partial charge < -0.3 is 9.72 Å². The van der Waals surface area contributed by atoms with Gasteiger partial charge in [-0.15, -0.1) is 0 Å². The van der Waals surface area contributed by atoms with Crippen molar-refractivity contribution >= 4 is 26.7 Å². The van der Waals surface area contributed by atoms with Crippen molar-refractivity contribution in [3.63, 3.8) is 0 Å². The van der Waals surface area contributed by atoms with E-state index in [0.717, 1.165) is 22.2 Å². The van der Waals surface area contributed by atoms with Gasteiger partial charge in [-0.1, -0.05) is 12.1 Å². The summed E-state index contributed by atoms with van der Waals surface area (Å²) in [6, 6.07) is 15.9. The van der Waals surface area contributed by atoms with E-state index in [4.69, 9.17) is 4.74 Å². The van der Waals surface area contributed by atoms with Gasteiger partial charge in [-0.05, 0) is 55.0 Å². The number of nitrogens with one attached hydrogen (secondary N) is 2. The van der Waals surface area contributed by atoms with Gasteiger partial charge in [0.05, 0.1) is 12.0 Å². The van der Waals surface area contributed by atoms with Crippen LogP contribution in [0.5, 0.6) is 5.75 Å². The van der Waals surface area contributed by atoms with E-state index in [9.17, 15) is 8.42 Å². The molecule has 4 aromatic rings. The van der Waals surface area contributed by atoms with Crippen molar-refractivity contribution in [2.45, 2.75) is 11.8 Å². The van der Waals surface area contributed by atoms with E-state index in [1.54, 1.807) is 37.6 Å². The molecule has 2 N–H and O–H groups in total. The molecule has 2 aromatic heterocycles. The predicted molar refractivity (Wildman–Crippen MR) is 110 cm³/mol. The van der Waals surface area contributed by atoms with Gasteiger partial charge in [-0.25, -0.2) is 13.4 Å². The van der Waals surface area contributed by atoms with Crippen molar-refractivity contribution in [3.05, 3.63) is 72.6 Å². The number of pyridine rings is 1. The maximum atomic E-state index is 12.9. The summed E-state index contributed by atoms with van der Waals surface area (Å²) in [5, 5.41) is 0.936. The molecule has 4 rings (SSSR count). The van der Waals surface area contributed by atoms with Gasteiger partial charge in [0.1, 0.15) is 11.4 Å². The van der Waals surface area contributed by atoms with Crippen LogP contribution in [0.3, 0.4) is 0 Å². The number of benzene rings is 2. The zero-order valence-corrected chi connectivity index (χ0v) is 16.2. The number of rotatable bonds is 5. The Bertz CT molecular complexity index is 1260. The molecule has 0 saturated carbocycles. The second kappa shape index (κ2) is 7.01. The van der Waals surface area contributed by atoms with Crippen LogP contribution in [0.1, 0.15) is 5.56 Å². The lowest BCUT2D eigenvalue weighted by Crippen LogP contribution is -2.13. The number of hydrogen-bond acceptors (Lipinski definition) is 4. The molecule has 0 atom stereocenters. The van der Waals surface area contributed by atoms with Gasteiger partial charge >= 0.3 is 0 Å². The highest BCUT2D eigenvalue weighted by Crippen LogP contribution is 2.33. The lowest BCUT2D eigenvalue weighted by molar-refractivity contribution is 0.416. The number of hydrogen-bond donors (Lipinski definition) is 2. The van der Waals surface area contributed by atoms with E-state index in [1.165, 1.54) is 6.07 Å². The first-order valence-electron chi connectivity index (χ1n) is 8.67. The molecule has 0 saturated heterocycles. The molecular formula is C21H19N3O3S. The monoisotopic (exact) mass is 393 g/mol. The second-order valence-corrected chi connectivity index (χ2v) is 8.16. The fourth-order valence-corrected chi connectivity index (χ4v) is 4.16. The van der Waals surface area contributed by atoms with Crippen LogP contribution in [-0.4, -0.2) is 25.5 Å². The highest BCUT2D eigenvalue weighted by Gasteiger charge is 2.18. The van der Waals surface area contributed by atoms with E-state index >= 15 is 0 Å². The van der Waals surface area contributed by atoms with Crippen molar-refractivity contribution in [1.29, 1.82) is 0 Å². The van der Waals surface area contributed by atoms with Gasteiger partial charge in [-0.2, -0.15) is 0 Å². The number of anilines is 1. The SMILES string of the molecule is COc1ccc(S(=O)(=O)Nc2cccc(C)c2)cc1-c1cnc2[nH]ccc2c1. The summed E-state index contributed by atoms with van der Waals surface area (Å²) in [6.07, 6.45) is 3.51. The third kappa shape index (κ3) is 3.44. The molecule has 2 heterocycles. The molecule has 6 nitrogen and oxygen atoms in total. The van der Waals surface area contributed by atoms with Crippen LogP contribution >= 0.6 is 0 Å². The van der Waals surface area contributed by atoms with E-state index in [0.29, 0.717) is 17.0 Å². The van der Waals surface area contributed by atoms with Crippen LogP contribution in [0.2, 0.25) is 0 Å². The van der Waals surface area contributed by atoms with Gasteiger partial charge in [-0.3, -0.25) is 4.72 Å². The lowest BCUT2D eigenvalue weighted by Gasteiger charge is -2.13. The van der Waals surface area contributed by atoms with E-state index in [-0.39, 0.29) is 4.90 Å². The Morgan fingerprint density at radius 2 is 1.93 bits per heavy atom. The van der Waals surface area contributed by atoms with Crippen LogP contribution in [0.4, 0.5) is 5.69 Å². The summed E-state index contributed by atoms with van der Waals surface area (Å²) in [6.45, 7) is 1.91. The minimum absolute atomic E-state index is 0.152. The normalized spacial score (nSPS) is 11.5. The molecule has 0 radical (unpaired) electrons. The summed E-state index contributed by atoms with van der Waals surface area (Å²) >= 11 is 0. The fourth-order valence-electron chi connectivity index (χ4n) is 3.09. The highest BCUT2D eigenvalue weighted by atomic mass is 32.2. The molecule has 7 heteroatoms. The third-order valence-corrected chi connectivity index (χ3v) is 5.84. The van der Waals surface area contributed by atoms with Crippen LogP contribution < -0.4 is 9.46 Å². The van der Waals surface area contributed by atoms with Crippen LogP contribution in [0.15, 0.2) is 71.9 Å². The summed E-state index contributed by atoms with van der Waals surface area (Å²) in [7, 11) is -2.19. The number of nitrogens with zero attached hydrogens (tertiary/aromatic N) is 1. The van der Waals surface area contributed by atoms with Crippen molar-refractivity contribution < 1.29 is 13.2 Å². The Hall–Kier alpha value is -3.32. The average molecular weight is 393 g/mol. The number of aryl methyl sites for hydroxylation is 1. The number of ether oxygens (including phenoxy) is 1. The van der Waals surface area contributed by atoms with Crippen molar-refractivity contribution in [3.8, 4) is 16.9 Å². The summed E-state index contributed by atoms with van der Waals surface area (Å²) in [4.78, 5) is 7.58. The van der Waals surface area contributed by atoms with Crippen LogP contribution in [0, 0.1) is 6.92 Å². The Morgan fingerprint density at radius 3 is 2.71 bits per heavy atom. The number of sulfonamides is 1. The minimum atomic E-state index is -3.75. The quantitative estimate of drug-likeness (QED) is 0.528. The lowest BCUT2D eigenvalue weighted by atomic mass is 10.1. The number of aromatic amines is 1. The summed E-state index contributed by atoms with van der Waals surface area (Å²) < 4.78 is 33.9. The summed E-state index contributed by atoms with van der Waals surface area (Å²) in [5.41, 5.74) is 3.70. The molecule has 0 aliphatic rings. The van der Waals surface area contributed by atoms with Crippen LogP contribution in [0.25, 0.3) is 22.2 Å². The van der Waals surface area contributed by atoms with Gasteiger partial charge in [0.25, 0.3) is 10.0 Å². The second-order valence-electron chi connectivity index (χ2n) is 6.48. The maximum absolute atomic E-state index is 12.9. The molecule has 2 aromatic carbocycles. The minimum Gasteiger partial charge on any atom is -0.496 e. The number of H-pyrrole nitrogens is 1. The van der Waals surface area contributed by atoms with Crippen molar-refractivity contribution in [2.24, 2.45) is 0 Å². The van der Waals surface area contributed by atoms with E-state index in [2.05, 4.69) is 14.7 Å². The molecular weight excluding hydrogens is 374 g/mol. The smallest absolute Gasteiger partial charge is 0.261 e. The molecule has 0 amide bonds.